The summed E-state index contributed by atoms with van der Waals surface area (Å²) in [6, 6.07) is 0. The molecule has 0 saturated carbocycles. The Kier molecular flexibility index (Phi) is 16.3. The molecule has 0 heterocycles. The molecule has 2 aliphatic carbocycles. The molecule has 0 saturated heterocycles. The van der Waals surface area contributed by atoms with Gasteiger partial charge in [0.15, 0.2) is 0 Å². The Morgan fingerprint density at radius 2 is 1.07 bits per heavy atom. The summed E-state index contributed by atoms with van der Waals surface area (Å²) in [5, 5.41) is 21.6. The molecule has 0 bridgehead atoms. The molecular weight excluding hydrogens is 536 g/mol. The van der Waals surface area contributed by atoms with Gasteiger partial charge in [-0.25, -0.2) is 0 Å². The predicted molar refractivity (Wildman–Crippen MR) is 164 cm³/mol. The van der Waals surface area contributed by atoms with Crippen LogP contribution in [0.25, 0.3) is 0 Å². The molecule has 8 nitrogen and oxygen atoms in total. The van der Waals surface area contributed by atoms with Gasteiger partial charge in [0, 0.05) is 12.8 Å². The Labute approximate surface area is 252 Å². The highest BCUT2D eigenvalue weighted by atomic mass is 16.6. The Balaban J connectivity index is 1.44. The highest BCUT2D eigenvalue weighted by Crippen LogP contribution is 2.34. The number of unbranched alkanes of at least 4 members (excludes halogenated alkanes) is 2. The molecule has 238 valence electrons. The van der Waals surface area contributed by atoms with Crippen molar-refractivity contribution in [3.8, 4) is 0 Å². The van der Waals surface area contributed by atoms with Gasteiger partial charge in [0.25, 0.3) is 0 Å². The van der Waals surface area contributed by atoms with E-state index in [-0.39, 0.29) is 38.4 Å². The molecule has 2 N–H and O–H groups in total. The van der Waals surface area contributed by atoms with E-state index < -0.39 is 11.2 Å². The maximum atomic E-state index is 12.1. The zero-order valence-electron chi connectivity index (χ0n) is 26.4. The standard InChI is InChI=1S/C34H54O8/c1-5-7-15-33(37)17-13-29(25-27(33)3)9-11-31(35)41-23-21-39-19-20-40-22-24-42-32(36)12-10-30-14-18-34(38,16-8-6-2)28(4)26-30/h13-14,25-26,37-38H,5-12,15-24H2,1-4H3. The van der Waals surface area contributed by atoms with E-state index in [0.717, 1.165) is 60.8 Å². The molecule has 2 unspecified atom stereocenters. The minimum Gasteiger partial charge on any atom is -0.463 e. The predicted octanol–water partition coefficient (Wildman–Crippen LogP) is 6.06. The monoisotopic (exact) mass is 590 g/mol. The van der Waals surface area contributed by atoms with Crippen molar-refractivity contribution in [3.05, 3.63) is 46.6 Å². The molecule has 0 fully saturated rings. The zero-order valence-corrected chi connectivity index (χ0v) is 26.4. The van der Waals surface area contributed by atoms with Crippen molar-refractivity contribution in [1.82, 2.24) is 0 Å². The first-order valence-electron chi connectivity index (χ1n) is 15.8. The van der Waals surface area contributed by atoms with Gasteiger partial charge in [-0.2, -0.15) is 0 Å². The lowest BCUT2D eigenvalue weighted by molar-refractivity contribution is -0.146. The molecule has 0 aromatic rings. The maximum absolute atomic E-state index is 12.1. The molecule has 0 aliphatic heterocycles. The normalized spacial score (nSPS) is 22.1. The number of ether oxygens (including phenoxy) is 4. The molecule has 2 rings (SSSR count). The first kappa shape index (κ1) is 35.9. The van der Waals surface area contributed by atoms with Crippen LogP contribution in [0.1, 0.15) is 105 Å². The minimum atomic E-state index is -0.750. The van der Waals surface area contributed by atoms with E-state index in [9.17, 15) is 19.8 Å². The van der Waals surface area contributed by atoms with Crippen LogP contribution in [0.5, 0.6) is 0 Å². The van der Waals surface area contributed by atoms with Crippen LogP contribution in [-0.2, 0) is 28.5 Å². The maximum Gasteiger partial charge on any atom is 0.306 e. The molecule has 8 heteroatoms. The van der Waals surface area contributed by atoms with Gasteiger partial charge < -0.3 is 29.2 Å². The van der Waals surface area contributed by atoms with Crippen LogP contribution in [0.2, 0.25) is 0 Å². The molecule has 2 atom stereocenters. The quantitative estimate of drug-likeness (QED) is 0.123. The largest absolute Gasteiger partial charge is 0.463 e. The third-order valence-corrected chi connectivity index (χ3v) is 8.15. The molecule has 42 heavy (non-hydrogen) atoms. The topological polar surface area (TPSA) is 112 Å². The van der Waals surface area contributed by atoms with Crippen LogP contribution in [0.3, 0.4) is 0 Å². The molecule has 0 amide bonds. The third-order valence-electron chi connectivity index (χ3n) is 8.15. The highest BCUT2D eigenvalue weighted by Gasteiger charge is 2.30. The van der Waals surface area contributed by atoms with Crippen molar-refractivity contribution >= 4 is 11.9 Å². The molecule has 0 radical (unpaired) electrons. The van der Waals surface area contributed by atoms with Gasteiger partial charge in [-0.1, -0.05) is 75.0 Å². The lowest BCUT2D eigenvalue weighted by atomic mass is 9.80. The van der Waals surface area contributed by atoms with Crippen LogP contribution in [0, 0.1) is 0 Å². The second kappa shape index (κ2) is 19.1. The number of hydrogen-bond donors (Lipinski definition) is 2. The Hall–Kier alpha value is -2.26. The molecule has 0 aromatic carbocycles. The Morgan fingerprint density at radius 3 is 1.43 bits per heavy atom. The summed E-state index contributed by atoms with van der Waals surface area (Å²) in [5.74, 6) is -0.537. The summed E-state index contributed by atoms with van der Waals surface area (Å²) in [5.41, 5.74) is 2.56. The minimum absolute atomic E-state index is 0.185. The van der Waals surface area contributed by atoms with Gasteiger partial charge in [0.05, 0.1) is 37.6 Å². The Bertz CT molecular complexity index is 900. The number of hydrogen-bond acceptors (Lipinski definition) is 8. The van der Waals surface area contributed by atoms with Crippen molar-refractivity contribution in [3.63, 3.8) is 0 Å². The van der Waals surface area contributed by atoms with Gasteiger partial charge in [-0.3, -0.25) is 9.59 Å². The number of esters is 2. The molecule has 0 spiro atoms. The highest BCUT2D eigenvalue weighted by molar-refractivity contribution is 5.70. The smallest absolute Gasteiger partial charge is 0.306 e. The summed E-state index contributed by atoms with van der Waals surface area (Å²) < 4.78 is 21.4. The number of rotatable bonds is 21. The van der Waals surface area contributed by atoms with E-state index in [2.05, 4.69) is 13.8 Å². The first-order chi connectivity index (χ1) is 20.1. The first-order valence-corrected chi connectivity index (χ1v) is 15.8. The van der Waals surface area contributed by atoms with Gasteiger partial charge in [-0.15, -0.1) is 0 Å². The SMILES string of the molecule is CCCCC1(O)CC=C(CCC(=O)OCCOCCOCCOC(=O)CCC2=CCC(O)(CCCC)C(C)=C2)C=C1C. The average molecular weight is 591 g/mol. The van der Waals surface area contributed by atoms with E-state index >= 15 is 0 Å². The molecule has 0 aromatic heterocycles. The number of allylic oxidation sites excluding steroid dienone is 4. The van der Waals surface area contributed by atoms with Gasteiger partial charge in [0.1, 0.15) is 13.2 Å². The summed E-state index contributed by atoms with van der Waals surface area (Å²) in [6.45, 7) is 9.81. The van der Waals surface area contributed by atoms with Gasteiger partial charge in [-0.05, 0) is 63.5 Å². The fourth-order valence-corrected chi connectivity index (χ4v) is 5.14. The summed E-state index contributed by atoms with van der Waals surface area (Å²) in [6.07, 6.45) is 16.6. The number of aliphatic hydroxyl groups is 2. The fourth-order valence-electron chi connectivity index (χ4n) is 5.14. The van der Waals surface area contributed by atoms with E-state index in [0.29, 0.717) is 51.7 Å². The third kappa shape index (κ3) is 12.9. The average Bonchev–Trinajstić information content (AvgIpc) is 2.97. The summed E-state index contributed by atoms with van der Waals surface area (Å²) in [7, 11) is 0. The van der Waals surface area contributed by atoms with E-state index in [4.69, 9.17) is 18.9 Å². The van der Waals surface area contributed by atoms with Crippen molar-refractivity contribution in [1.29, 1.82) is 0 Å². The molecular formula is C34H54O8. The van der Waals surface area contributed by atoms with Crippen LogP contribution in [0.4, 0.5) is 0 Å². The second-order valence-corrected chi connectivity index (χ2v) is 11.6. The van der Waals surface area contributed by atoms with E-state index in [1.807, 2.05) is 38.2 Å². The second-order valence-electron chi connectivity index (χ2n) is 11.6. The zero-order chi connectivity index (χ0) is 30.8. The van der Waals surface area contributed by atoms with E-state index in [1.54, 1.807) is 0 Å². The summed E-state index contributed by atoms with van der Waals surface area (Å²) in [4.78, 5) is 24.1. The van der Waals surface area contributed by atoms with Crippen LogP contribution in [-0.4, -0.2) is 73.0 Å². The van der Waals surface area contributed by atoms with Crippen molar-refractivity contribution in [2.45, 2.75) is 116 Å². The summed E-state index contributed by atoms with van der Waals surface area (Å²) >= 11 is 0. The van der Waals surface area contributed by atoms with Crippen molar-refractivity contribution in [2.24, 2.45) is 0 Å². The number of carbonyl (C=O) groups is 2. The lowest BCUT2D eigenvalue weighted by Gasteiger charge is -2.31. The van der Waals surface area contributed by atoms with Crippen molar-refractivity contribution < 1.29 is 38.7 Å². The van der Waals surface area contributed by atoms with Gasteiger partial charge >= 0.3 is 11.9 Å². The van der Waals surface area contributed by atoms with E-state index in [1.165, 1.54) is 0 Å². The fraction of sp³-hybridized carbons (Fsp3) is 0.706. The van der Waals surface area contributed by atoms with Crippen LogP contribution in [0.15, 0.2) is 46.6 Å². The molecule has 2 aliphatic rings. The lowest BCUT2D eigenvalue weighted by Crippen LogP contribution is -2.31. The van der Waals surface area contributed by atoms with Crippen LogP contribution < -0.4 is 0 Å². The van der Waals surface area contributed by atoms with Crippen LogP contribution >= 0.6 is 0 Å². The number of carbonyl (C=O) groups excluding carboxylic acids is 2. The van der Waals surface area contributed by atoms with Gasteiger partial charge in [0.2, 0.25) is 0 Å². The Morgan fingerprint density at radius 1 is 0.690 bits per heavy atom. The van der Waals surface area contributed by atoms with Crippen molar-refractivity contribution in [2.75, 3.05) is 39.6 Å².